The Kier molecular flexibility index (Phi) is 3.65. The Balaban J connectivity index is 1.62. The summed E-state index contributed by atoms with van der Waals surface area (Å²) in [4.78, 5) is 14.8. The van der Waals surface area contributed by atoms with E-state index < -0.39 is 0 Å². The zero-order valence-electron chi connectivity index (χ0n) is 13.3. The minimum absolute atomic E-state index is 0.0168. The molecule has 0 unspecified atom stereocenters. The van der Waals surface area contributed by atoms with Gasteiger partial charge in [-0.25, -0.2) is 0 Å². The Morgan fingerprint density at radius 1 is 1.35 bits per heavy atom. The molecule has 0 saturated carbocycles. The molecule has 1 amide bonds. The van der Waals surface area contributed by atoms with Crippen molar-refractivity contribution in [3.05, 3.63) is 29.3 Å². The second-order valence-electron chi connectivity index (χ2n) is 6.23. The van der Waals surface area contributed by atoms with Crippen LogP contribution in [0.2, 0.25) is 0 Å². The minimum Gasteiger partial charge on any atom is -0.381 e. The number of carbonyl (C=O) groups is 1. The van der Waals surface area contributed by atoms with Crippen LogP contribution in [0.4, 0.5) is 5.69 Å². The van der Waals surface area contributed by atoms with Gasteiger partial charge in [0, 0.05) is 25.5 Å². The van der Waals surface area contributed by atoms with Crippen LogP contribution in [-0.4, -0.2) is 45.6 Å². The van der Waals surface area contributed by atoms with Gasteiger partial charge in [-0.3, -0.25) is 14.6 Å². The summed E-state index contributed by atoms with van der Waals surface area (Å²) in [5, 5.41) is 11.6. The summed E-state index contributed by atoms with van der Waals surface area (Å²) in [6.07, 6.45) is 7.25. The molecule has 122 valence electrons. The molecule has 0 spiro atoms. The van der Waals surface area contributed by atoms with Gasteiger partial charge in [0.15, 0.2) is 0 Å². The Morgan fingerprint density at radius 3 is 3.00 bits per heavy atom. The molecule has 0 aromatic carbocycles. The lowest BCUT2D eigenvalue weighted by molar-refractivity contribution is 0.0656. The molecule has 2 aromatic heterocycles. The largest absolute Gasteiger partial charge is 0.381 e. The van der Waals surface area contributed by atoms with Crippen molar-refractivity contribution in [2.75, 3.05) is 24.7 Å². The van der Waals surface area contributed by atoms with Crippen LogP contribution in [0.3, 0.4) is 0 Å². The molecule has 7 nitrogen and oxygen atoms in total. The molecule has 0 radical (unpaired) electrons. The lowest BCUT2D eigenvalue weighted by atomic mass is 10.1. The van der Waals surface area contributed by atoms with E-state index in [2.05, 4.69) is 15.3 Å². The van der Waals surface area contributed by atoms with Crippen LogP contribution in [0.5, 0.6) is 0 Å². The van der Waals surface area contributed by atoms with Crippen molar-refractivity contribution < 1.29 is 9.53 Å². The van der Waals surface area contributed by atoms with Crippen LogP contribution < -0.4 is 4.90 Å². The Morgan fingerprint density at radius 2 is 2.17 bits per heavy atom. The number of carbonyl (C=O) groups excluding carboxylic acids is 1. The molecule has 0 bridgehead atoms. The van der Waals surface area contributed by atoms with Gasteiger partial charge in [0.05, 0.1) is 35.4 Å². The summed E-state index contributed by atoms with van der Waals surface area (Å²) in [7, 11) is 0. The first kappa shape index (κ1) is 14.4. The zero-order chi connectivity index (χ0) is 15.8. The monoisotopic (exact) mass is 315 g/mol. The number of fused-ring (bicyclic) bond motifs is 1. The van der Waals surface area contributed by atoms with Gasteiger partial charge in [-0.2, -0.15) is 10.2 Å². The van der Waals surface area contributed by atoms with Gasteiger partial charge in [-0.05, 0) is 32.6 Å². The van der Waals surface area contributed by atoms with E-state index in [1.54, 1.807) is 12.4 Å². The molecule has 4 rings (SSSR count). The molecular formula is C16H21N5O2. The number of rotatable bonds is 2. The van der Waals surface area contributed by atoms with Crippen LogP contribution >= 0.6 is 0 Å². The van der Waals surface area contributed by atoms with Gasteiger partial charge in [-0.1, -0.05) is 0 Å². The standard InChI is InChI=1S/C16H21N5O2/c1-11-13(9-18-21(11)12-4-7-23-8-5-12)16(22)20-6-2-3-14-15(20)10-17-19-14/h9-10,12H,2-8H2,1H3,(H,17,19). The lowest BCUT2D eigenvalue weighted by Crippen LogP contribution is -2.35. The number of ether oxygens (including phenoxy) is 1. The van der Waals surface area contributed by atoms with E-state index in [0.29, 0.717) is 11.6 Å². The highest BCUT2D eigenvalue weighted by atomic mass is 16.5. The number of nitrogens with one attached hydrogen (secondary N) is 1. The summed E-state index contributed by atoms with van der Waals surface area (Å²) in [6, 6.07) is 0.330. The van der Waals surface area contributed by atoms with Crippen LogP contribution in [-0.2, 0) is 11.2 Å². The number of aromatic nitrogens is 4. The fraction of sp³-hybridized carbons (Fsp3) is 0.562. The molecular weight excluding hydrogens is 294 g/mol. The molecule has 7 heteroatoms. The summed E-state index contributed by atoms with van der Waals surface area (Å²) in [5.74, 6) is 0.0168. The molecule has 2 aliphatic rings. The van der Waals surface area contributed by atoms with Crippen molar-refractivity contribution >= 4 is 11.6 Å². The van der Waals surface area contributed by atoms with Crippen molar-refractivity contribution in [2.24, 2.45) is 0 Å². The molecule has 0 atom stereocenters. The highest BCUT2D eigenvalue weighted by Crippen LogP contribution is 2.28. The number of aryl methyl sites for hydroxylation is 1. The molecule has 4 heterocycles. The highest BCUT2D eigenvalue weighted by molar-refractivity contribution is 6.07. The molecule has 2 aliphatic heterocycles. The molecule has 0 aliphatic carbocycles. The normalized spacial score (nSPS) is 18.9. The SMILES string of the molecule is Cc1c(C(=O)N2CCCc3[nH]ncc32)cnn1C1CCOCC1. The molecule has 1 saturated heterocycles. The number of anilines is 1. The summed E-state index contributed by atoms with van der Waals surface area (Å²) in [6.45, 7) is 4.23. The maximum absolute atomic E-state index is 13.0. The lowest BCUT2D eigenvalue weighted by Gasteiger charge is -2.26. The van der Waals surface area contributed by atoms with Crippen LogP contribution in [0.25, 0.3) is 0 Å². The van der Waals surface area contributed by atoms with Crippen molar-refractivity contribution in [2.45, 2.75) is 38.6 Å². The maximum Gasteiger partial charge on any atom is 0.261 e. The van der Waals surface area contributed by atoms with Crippen LogP contribution in [0, 0.1) is 6.92 Å². The van der Waals surface area contributed by atoms with Crippen molar-refractivity contribution in [3.63, 3.8) is 0 Å². The number of aromatic amines is 1. The van der Waals surface area contributed by atoms with Gasteiger partial charge in [0.2, 0.25) is 0 Å². The first-order valence-corrected chi connectivity index (χ1v) is 8.21. The molecule has 23 heavy (non-hydrogen) atoms. The van der Waals surface area contributed by atoms with E-state index in [4.69, 9.17) is 4.74 Å². The summed E-state index contributed by atoms with van der Waals surface area (Å²) >= 11 is 0. The average molecular weight is 315 g/mol. The van der Waals surface area contributed by atoms with E-state index in [1.165, 1.54) is 0 Å². The van der Waals surface area contributed by atoms with Crippen LogP contribution in [0.15, 0.2) is 12.4 Å². The second-order valence-corrected chi connectivity index (χ2v) is 6.23. The molecule has 2 aromatic rings. The van der Waals surface area contributed by atoms with Gasteiger partial charge >= 0.3 is 0 Å². The topological polar surface area (TPSA) is 76.0 Å². The van der Waals surface area contributed by atoms with Crippen molar-refractivity contribution in [1.29, 1.82) is 0 Å². The number of nitrogens with zero attached hydrogens (tertiary/aromatic N) is 4. The molecule has 1 N–H and O–H groups in total. The predicted molar refractivity (Wildman–Crippen MR) is 84.6 cm³/mol. The van der Waals surface area contributed by atoms with Crippen LogP contribution in [0.1, 0.15) is 47.1 Å². The van der Waals surface area contributed by atoms with Crippen molar-refractivity contribution in [1.82, 2.24) is 20.0 Å². The third-order valence-corrected chi connectivity index (χ3v) is 4.85. The quantitative estimate of drug-likeness (QED) is 0.918. The zero-order valence-corrected chi connectivity index (χ0v) is 13.3. The maximum atomic E-state index is 13.0. The van der Waals surface area contributed by atoms with E-state index >= 15 is 0 Å². The Labute approximate surface area is 134 Å². The Hall–Kier alpha value is -2.15. The van der Waals surface area contributed by atoms with Gasteiger partial charge in [-0.15, -0.1) is 0 Å². The first-order valence-electron chi connectivity index (χ1n) is 8.21. The van der Waals surface area contributed by atoms with Gasteiger partial charge < -0.3 is 9.64 Å². The average Bonchev–Trinajstić information content (AvgIpc) is 3.21. The molecule has 1 fully saturated rings. The number of hydrogen-bond acceptors (Lipinski definition) is 4. The predicted octanol–water partition coefficient (Wildman–Crippen LogP) is 1.86. The van der Waals surface area contributed by atoms with Gasteiger partial charge in [0.25, 0.3) is 5.91 Å². The fourth-order valence-corrected chi connectivity index (χ4v) is 3.55. The van der Waals surface area contributed by atoms with E-state index in [1.807, 2.05) is 16.5 Å². The van der Waals surface area contributed by atoms with E-state index in [-0.39, 0.29) is 5.91 Å². The third-order valence-electron chi connectivity index (χ3n) is 4.85. The Bertz CT molecular complexity index is 714. The van der Waals surface area contributed by atoms with E-state index in [0.717, 1.165) is 62.5 Å². The summed E-state index contributed by atoms with van der Waals surface area (Å²) < 4.78 is 7.41. The number of hydrogen-bond donors (Lipinski definition) is 1. The highest BCUT2D eigenvalue weighted by Gasteiger charge is 2.28. The summed E-state index contributed by atoms with van der Waals surface area (Å²) in [5.41, 5.74) is 3.57. The fourth-order valence-electron chi connectivity index (χ4n) is 3.55. The van der Waals surface area contributed by atoms with Gasteiger partial charge in [0.1, 0.15) is 0 Å². The number of H-pyrrole nitrogens is 1. The third kappa shape index (κ3) is 2.45. The van der Waals surface area contributed by atoms with Crippen molar-refractivity contribution in [3.8, 4) is 0 Å². The smallest absolute Gasteiger partial charge is 0.261 e. The first-order chi connectivity index (χ1) is 11.3. The van der Waals surface area contributed by atoms with E-state index in [9.17, 15) is 4.79 Å². The number of amides is 1. The second kappa shape index (κ2) is 5.81. The minimum atomic E-state index is 0.0168.